The van der Waals surface area contributed by atoms with Gasteiger partial charge in [0.15, 0.2) is 5.13 Å². The molecular formula is C15H28N4OS. The molecule has 0 aliphatic carbocycles. The molecule has 0 saturated carbocycles. The minimum Gasteiger partial charge on any atom is -0.382 e. The first-order chi connectivity index (χ1) is 9.98. The molecule has 0 aromatic carbocycles. The maximum Gasteiger partial charge on any atom is 0.265 e. The van der Waals surface area contributed by atoms with Gasteiger partial charge in [-0.1, -0.05) is 38.0 Å². The Morgan fingerprint density at radius 1 is 1.29 bits per heavy atom. The Balaban J connectivity index is 2.83. The van der Waals surface area contributed by atoms with Gasteiger partial charge in [-0.3, -0.25) is 4.79 Å². The van der Waals surface area contributed by atoms with E-state index in [1.54, 1.807) is 0 Å². The predicted octanol–water partition coefficient (Wildman–Crippen LogP) is 3.13. The highest BCUT2D eigenvalue weighted by molar-refractivity contribution is 7.18. The number of carbonyl (C=O) groups excluding carboxylic acids is 1. The number of nitrogens with two attached hydrogens (primary N) is 1. The van der Waals surface area contributed by atoms with E-state index in [1.807, 2.05) is 0 Å². The van der Waals surface area contributed by atoms with Crippen LogP contribution in [0, 0.1) is 5.92 Å². The number of rotatable bonds is 8. The lowest BCUT2D eigenvalue weighted by Gasteiger charge is -2.22. The largest absolute Gasteiger partial charge is 0.382 e. The third kappa shape index (κ3) is 4.33. The molecule has 1 rings (SSSR count). The Kier molecular flexibility index (Phi) is 6.95. The maximum absolute atomic E-state index is 12.4. The second kappa shape index (κ2) is 8.22. The molecule has 1 aromatic heterocycles. The highest BCUT2D eigenvalue weighted by Crippen LogP contribution is 2.28. The predicted molar refractivity (Wildman–Crippen MR) is 91.1 cm³/mol. The molecule has 120 valence electrons. The molecule has 0 saturated heterocycles. The van der Waals surface area contributed by atoms with E-state index in [2.05, 4.69) is 49.8 Å². The Morgan fingerprint density at radius 3 is 2.33 bits per heavy atom. The molecule has 1 unspecified atom stereocenters. The Morgan fingerprint density at radius 2 is 1.86 bits per heavy atom. The van der Waals surface area contributed by atoms with Gasteiger partial charge in [0.1, 0.15) is 10.7 Å². The number of hydrogen-bond donors (Lipinski definition) is 2. The van der Waals surface area contributed by atoms with Crippen LogP contribution in [0.4, 0.5) is 10.9 Å². The summed E-state index contributed by atoms with van der Waals surface area (Å²) < 4.78 is 0. The van der Waals surface area contributed by atoms with Crippen molar-refractivity contribution < 1.29 is 4.79 Å². The molecule has 0 aliphatic heterocycles. The van der Waals surface area contributed by atoms with Crippen LogP contribution in [0.25, 0.3) is 0 Å². The lowest BCUT2D eigenvalue weighted by molar-refractivity contribution is 0.0930. The van der Waals surface area contributed by atoms with Crippen molar-refractivity contribution in [3.63, 3.8) is 0 Å². The van der Waals surface area contributed by atoms with Gasteiger partial charge < -0.3 is 16.0 Å². The van der Waals surface area contributed by atoms with Crippen molar-refractivity contribution in [3.8, 4) is 0 Å². The van der Waals surface area contributed by atoms with E-state index in [0.29, 0.717) is 16.6 Å². The number of hydrogen-bond acceptors (Lipinski definition) is 5. The fourth-order valence-electron chi connectivity index (χ4n) is 2.50. The zero-order chi connectivity index (χ0) is 16.0. The van der Waals surface area contributed by atoms with Crippen LogP contribution in [0.1, 0.15) is 57.1 Å². The van der Waals surface area contributed by atoms with Gasteiger partial charge in [-0.25, -0.2) is 4.98 Å². The van der Waals surface area contributed by atoms with E-state index < -0.39 is 0 Å². The highest BCUT2D eigenvalue weighted by Gasteiger charge is 2.22. The first-order valence-electron chi connectivity index (χ1n) is 7.80. The van der Waals surface area contributed by atoms with Gasteiger partial charge >= 0.3 is 0 Å². The third-order valence-corrected chi connectivity index (χ3v) is 5.13. The summed E-state index contributed by atoms with van der Waals surface area (Å²) in [6, 6.07) is 0.144. The fraction of sp³-hybridized carbons (Fsp3) is 0.733. The number of anilines is 2. The fourth-order valence-corrected chi connectivity index (χ4v) is 3.51. The summed E-state index contributed by atoms with van der Waals surface area (Å²) in [6.07, 6.45) is 2.11. The van der Waals surface area contributed by atoms with Gasteiger partial charge in [0.2, 0.25) is 0 Å². The minimum atomic E-state index is -0.109. The normalized spacial score (nSPS) is 12.5. The zero-order valence-corrected chi connectivity index (χ0v) is 14.6. The molecule has 3 N–H and O–H groups in total. The van der Waals surface area contributed by atoms with Crippen LogP contribution in [0.3, 0.4) is 0 Å². The lowest BCUT2D eigenvalue weighted by Crippen LogP contribution is -2.37. The molecule has 1 atom stereocenters. The quantitative estimate of drug-likeness (QED) is 0.773. The van der Waals surface area contributed by atoms with Gasteiger partial charge in [0.05, 0.1) is 0 Å². The molecule has 1 aromatic rings. The second-order valence-electron chi connectivity index (χ2n) is 5.22. The topological polar surface area (TPSA) is 71.2 Å². The van der Waals surface area contributed by atoms with Crippen molar-refractivity contribution in [2.45, 2.75) is 53.5 Å². The van der Waals surface area contributed by atoms with Crippen LogP contribution in [0.15, 0.2) is 0 Å². The molecule has 1 amide bonds. The van der Waals surface area contributed by atoms with Crippen LogP contribution in [0.2, 0.25) is 0 Å². The molecule has 21 heavy (non-hydrogen) atoms. The van der Waals surface area contributed by atoms with Crippen molar-refractivity contribution in [2.24, 2.45) is 5.92 Å². The molecule has 0 radical (unpaired) electrons. The smallest absolute Gasteiger partial charge is 0.265 e. The average molecular weight is 312 g/mol. The summed E-state index contributed by atoms with van der Waals surface area (Å²) in [5.74, 6) is 0.712. The number of nitrogen functional groups attached to an aromatic ring is 1. The molecule has 5 nitrogen and oxygen atoms in total. The molecule has 0 fully saturated rings. The van der Waals surface area contributed by atoms with E-state index in [4.69, 9.17) is 5.73 Å². The molecule has 6 heteroatoms. The van der Waals surface area contributed by atoms with E-state index >= 15 is 0 Å². The van der Waals surface area contributed by atoms with Crippen LogP contribution in [-0.2, 0) is 0 Å². The molecule has 0 bridgehead atoms. The van der Waals surface area contributed by atoms with Crippen molar-refractivity contribution in [1.29, 1.82) is 0 Å². The van der Waals surface area contributed by atoms with Gasteiger partial charge in [0.25, 0.3) is 5.91 Å². The number of thiazole rings is 1. The van der Waals surface area contributed by atoms with E-state index in [0.717, 1.165) is 31.1 Å². The van der Waals surface area contributed by atoms with Gasteiger partial charge in [-0.2, -0.15) is 0 Å². The summed E-state index contributed by atoms with van der Waals surface area (Å²) in [7, 11) is 0. The average Bonchev–Trinajstić information content (AvgIpc) is 2.83. The van der Waals surface area contributed by atoms with Crippen molar-refractivity contribution in [3.05, 3.63) is 4.88 Å². The Labute approximate surface area is 131 Å². The number of aromatic nitrogens is 1. The second-order valence-corrected chi connectivity index (χ2v) is 6.20. The van der Waals surface area contributed by atoms with Gasteiger partial charge in [-0.15, -0.1) is 0 Å². The van der Waals surface area contributed by atoms with Gasteiger partial charge in [0, 0.05) is 19.1 Å². The molecule has 1 heterocycles. The molecule has 0 spiro atoms. The summed E-state index contributed by atoms with van der Waals surface area (Å²) >= 11 is 1.37. The number of amides is 1. The van der Waals surface area contributed by atoms with Crippen molar-refractivity contribution in [1.82, 2.24) is 10.3 Å². The number of carbonyl (C=O) groups is 1. The summed E-state index contributed by atoms with van der Waals surface area (Å²) in [5, 5.41) is 3.88. The Hall–Kier alpha value is -1.30. The third-order valence-electron chi connectivity index (χ3n) is 4.00. The monoisotopic (exact) mass is 312 g/mol. The van der Waals surface area contributed by atoms with Crippen LogP contribution >= 0.6 is 11.3 Å². The van der Waals surface area contributed by atoms with E-state index in [1.165, 1.54) is 11.3 Å². The highest BCUT2D eigenvalue weighted by atomic mass is 32.1. The van der Waals surface area contributed by atoms with Crippen LogP contribution in [-0.4, -0.2) is 30.0 Å². The van der Waals surface area contributed by atoms with Crippen LogP contribution < -0.4 is 16.0 Å². The first-order valence-corrected chi connectivity index (χ1v) is 8.62. The number of nitrogens with one attached hydrogen (secondary N) is 1. The summed E-state index contributed by atoms with van der Waals surface area (Å²) in [5.41, 5.74) is 5.92. The zero-order valence-electron chi connectivity index (χ0n) is 13.8. The van der Waals surface area contributed by atoms with E-state index in [9.17, 15) is 4.79 Å². The van der Waals surface area contributed by atoms with E-state index in [-0.39, 0.29) is 11.9 Å². The SMILES string of the molecule is CCC(CC)C(C)NC(=O)c1sc(N(CC)CC)nc1N. The van der Waals surface area contributed by atoms with Crippen molar-refractivity contribution in [2.75, 3.05) is 23.7 Å². The maximum atomic E-state index is 12.4. The Bertz CT molecular complexity index is 453. The lowest BCUT2D eigenvalue weighted by atomic mass is 9.95. The first kappa shape index (κ1) is 17.8. The summed E-state index contributed by atoms with van der Waals surface area (Å²) in [6.45, 7) is 12.2. The van der Waals surface area contributed by atoms with Crippen molar-refractivity contribution >= 4 is 28.2 Å². The molecule has 0 aliphatic rings. The van der Waals surface area contributed by atoms with Gasteiger partial charge in [-0.05, 0) is 26.7 Å². The van der Waals surface area contributed by atoms with Crippen LogP contribution in [0.5, 0.6) is 0 Å². The molecular weight excluding hydrogens is 284 g/mol. The number of nitrogens with zero attached hydrogens (tertiary/aromatic N) is 2. The summed E-state index contributed by atoms with van der Waals surface area (Å²) in [4.78, 5) is 19.3. The standard InChI is InChI=1S/C15H28N4OS/c1-6-11(7-2)10(5)17-14(20)12-13(16)18-15(21-12)19(8-3)9-4/h10-11H,6-9,16H2,1-5H3,(H,17,20). The minimum absolute atomic E-state index is 0.109.